The number of rotatable bonds is 4. The molecule has 5 nitrogen and oxygen atoms in total. The summed E-state index contributed by atoms with van der Waals surface area (Å²) < 4.78 is 5.73. The lowest BCUT2D eigenvalue weighted by molar-refractivity contribution is -0.126. The Balaban J connectivity index is 2.32. The number of hydrogen-bond donors (Lipinski definition) is 1. The van der Waals surface area contributed by atoms with Crippen LogP contribution in [0.3, 0.4) is 0 Å². The molecule has 2 rings (SSSR count). The molecule has 0 aliphatic carbocycles. The maximum atomic E-state index is 12.4. The van der Waals surface area contributed by atoms with Crippen molar-refractivity contribution in [3.63, 3.8) is 0 Å². The van der Waals surface area contributed by atoms with Gasteiger partial charge in [-0.3, -0.25) is 4.79 Å². The molecule has 1 unspecified atom stereocenters. The minimum absolute atomic E-state index is 0.0162. The van der Waals surface area contributed by atoms with Gasteiger partial charge < -0.3 is 20.3 Å². The van der Waals surface area contributed by atoms with E-state index in [-0.39, 0.29) is 5.91 Å². The van der Waals surface area contributed by atoms with E-state index in [4.69, 9.17) is 10.5 Å². The van der Waals surface area contributed by atoms with E-state index in [2.05, 4.69) is 4.90 Å². The zero-order valence-corrected chi connectivity index (χ0v) is 11.7. The number of nitrogens with zero attached hydrogens (tertiary/aromatic N) is 2. The van der Waals surface area contributed by atoms with Crippen LogP contribution in [0.2, 0.25) is 0 Å². The molecular formula is C14H21N3O2. The van der Waals surface area contributed by atoms with Crippen LogP contribution in [-0.4, -0.2) is 44.1 Å². The monoisotopic (exact) mass is 263 g/mol. The Bertz CT molecular complexity index is 474. The Kier molecular flexibility index (Phi) is 3.95. The lowest BCUT2D eigenvalue weighted by atomic mass is 10.1. The molecule has 1 amide bonds. The number of likely N-dealkylation sites (N-methyl/N-ethyl adjacent to an activating group) is 1. The fourth-order valence-corrected chi connectivity index (χ4v) is 2.13. The molecule has 1 aliphatic rings. The molecule has 0 spiro atoms. The van der Waals surface area contributed by atoms with Gasteiger partial charge in [-0.1, -0.05) is 6.92 Å². The maximum absolute atomic E-state index is 12.4. The first-order valence-electron chi connectivity index (χ1n) is 6.55. The first kappa shape index (κ1) is 13.7. The molecule has 0 bridgehead atoms. The quantitative estimate of drug-likeness (QED) is 0.833. The zero-order chi connectivity index (χ0) is 14.0. The summed E-state index contributed by atoms with van der Waals surface area (Å²) in [6.45, 7) is 3.40. The minimum Gasteiger partial charge on any atom is -0.478 e. The van der Waals surface area contributed by atoms with Crippen LogP contribution in [0, 0.1) is 0 Å². The Hall–Kier alpha value is -1.75. The second-order valence-electron chi connectivity index (χ2n) is 5.04. The lowest BCUT2D eigenvalue weighted by Gasteiger charge is -2.34. The van der Waals surface area contributed by atoms with Gasteiger partial charge in [0.25, 0.3) is 5.91 Å². The van der Waals surface area contributed by atoms with Crippen molar-refractivity contribution < 1.29 is 9.53 Å². The summed E-state index contributed by atoms with van der Waals surface area (Å²) >= 11 is 0. The molecule has 1 aliphatic heterocycles. The van der Waals surface area contributed by atoms with Crippen molar-refractivity contribution in [2.45, 2.75) is 19.4 Å². The number of fused-ring (bicyclic) bond motifs is 1. The predicted molar refractivity (Wildman–Crippen MR) is 76.5 cm³/mol. The zero-order valence-electron chi connectivity index (χ0n) is 11.7. The van der Waals surface area contributed by atoms with E-state index in [1.165, 1.54) is 0 Å². The molecule has 1 aromatic rings. The highest BCUT2D eigenvalue weighted by Crippen LogP contribution is 2.36. The number of benzene rings is 1. The largest absolute Gasteiger partial charge is 0.478 e. The number of carbonyl (C=O) groups is 1. The third-order valence-electron chi connectivity index (χ3n) is 3.23. The van der Waals surface area contributed by atoms with Gasteiger partial charge >= 0.3 is 0 Å². The van der Waals surface area contributed by atoms with Gasteiger partial charge in [-0.15, -0.1) is 0 Å². The average molecular weight is 263 g/mol. The van der Waals surface area contributed by atoms with E-state index in [1.807, 2.05) is 27.1 Å². The topological polar surface area (TPSA) is 58.8 Å². The highest BCUT2D eigenvalue weighted by molar-refractivity contribution is 6.00. The summed E-state index contributed by atoms with van der Waals surface area (Å²) in [5.74, 6) is 0.752. The normalized spacial score (nSPS) is 18.4. The van der Waals surface area contributed by atoms with Crippen molar-refractivity contribution in [1.29, 1.82) is 0 Å². The number of nitrogen functional groups attached to an aromatic ring is 1. The standard InChI is InChI=1S/C14H21N3O2/c1-4-12-14(18)17(8-7-16(2)3)11-9-10(15)5-6-13(11)19-12/h5-6,9,12H,4,7-8,15H2,1-3H3. The first-order chi connectivity index (χ1) is 9.02. The molecule has 2 N–H and O–H groups in total. The third-order valence-corrected chi connectivity index (χ3v) is 3.23. The smallest absolute Gasteiger partial charge is 0.268 e. The van der Waals surface area contributed by atoms with Crippen LogP contribution < -0.4 is 15.4 Å². The molecule has 0 saturated heterocycles. The van der Waals surface area contributed by atoms with Gasteiger partial charge in [-0.25, -0.2) is 0 Å². The number of ether oxygens (including phenoxy) is 1. The number of hydrogen-bond acceptors (Lipinski definition) is 4. The van der Waals surface area contributed by atoms with Gasteiger partial charge in [-0.2, -0.15) is 0 Å². The summed E-state index contributed by atoms with van der Waals surface area (Å²) in [5, 5.41) is 0. The van der Waals surface area contributed by atoms with Gasteiger partial charge in [0.2, 0.25) is 0 Å². The fourth-order valence-electron chi connectivity index (χ4n) is 2.13. The molecule has 0 aromatic heterocycles. The van der Waals surface area contributed by atoms with Crippen molar-refractivity contribution >= 4 is 17.3 Å². The van der Waals surface area contributed by atoms with Crippen molar-refractivity contribution in [3.8, 4) is 5.75 Å². The van der Waals surface area contributed by atoms with Gasteiger partial charge in [-0.05, 0) is 38.7 Å². The Labute approximate surface area is 113 Å². The van der Waals surface area contributed by atoms with Gasteiger partial charge in [0.1, 0.15) is 5.75 Å². The number of amides is 1. The van der Waals surface area contributed by atoms with E-state index in [9.17, 15) is 4.79 Å². The van der Waals surface area contributed by atoms with Crippen LogP contribution in [0.4, 0.5) is 11.4 Å². The Morgan fingerprint density at radius 2 is 2.16 bits per heavy atom. The molecule has 1 atom stereocenters. The van der Waals surface area contributed by atoms with E-state index < -0.39 is 6.10 Å². The molecule has 0 saturated carbocycles. The van der Waals surface area contributed by atoms with Crippen LogP contribution in [0.25, 0.3) is 0 Å². The van der Waals surface area contributed by atoms with E-state index in [1.54, 1.807) is 17.0 Å². The molecule has 0 radical (unpaired) electrons. The second kappa shape index (κ2) is 5.48. The van der Waals surface area contributed by atoms with Gasteiger partial charge in [0, 0.05) is 18.8 Å². The van der Waals surface area contributed by atoms with Crippen LogP contribution in [0.1, 0.15) is 13.3 Å². The highest BCUT2D eigenvalue weighted by Gasteiger charge is 2.33. The third kappa shape index (κ3) is 2.81. The average Bonchev–Trinajstić information content (AvgIpc) is 2.37. The predicted octanol–water partition coefficient (Wildman–Crippen LogP) is 1.33. The van der Waals surface area contributed by atoms with Crippen molar-refractivity contribution in [2.75, 3.05) is 37.8 Å². The molecule has 19 heavy (non-hydrogen) atoms. The SMILES string of the molecule is CCC1Oc2ccc(N)cc2N(CCN(C)C)C1=O. The number of carbonyl (C=O) groups excluding carboxylic acids is 1. The summed E-state index contributed by atoms with van der Waals surface area (Å²) in [6, 6.07) is 5.43. The highest BCUT2D eigenvalue weighted by atomic mass is 16.5. The summed E-state index contributed by atoms with van der Waals surface area (Å²) in [7, 11) is 3.98. The molecule has 0 fully saturated rings. The molecule has 5 heteroatoms. The maximum Gasteiger partial charge on any atom is 0.268 e. The van der Waals surface area contributed by atoms with E-state index in [0.29, 0.717) is 18.7 Å². The van der Waals surface area contributed by atoms with Crippen LogP contribution in [0.5, 0.6) is 5.75 Å². The molecule has 1 aromatic carbocycles. The second-order valence-corrected chi connectivity index (χ2v) is 5.04. The Morgan fingerprint density at radius 1 is 1.42 bits per heavy atom. The first-order valence-corrected chi connectivity index (χ1v) is 6.55. The van der Waals surface area contributed by atoms with E-state index >= 15 is 0 Å². The van der Waals surface area contributed by atoms with Crippen molar-refractivity contribution in [2.24, 2.45) is 0 Å². The number of anilines is 2. The number of nitrogens with two attached hydrogens (primary N) is 1. The fraction of sp³-hybridized carbons (Fsp3) is 0.500. The molecule has 1 heterocycles. The summed E-state index contributed by atoms with van der Waals surface area (Å²) in [6.07, 6.45) is 0.277. The van der Waals surface area contributed by atoms with Gasteiger partial charge in [0.05, 0.1) is 5.69 Å². The van der Waals surface area contributed by atoms with Crippen molar-refractivity contribution in [1.82, 2.24) is 4.90 Å². The minimum atomic E-state index is -0.390. The summed E-state index contributed by atoms with van der Waals surface area (Å²) in [5.41, 5.74) is 7.22. The summed E-state index contributed by atoms with van der Waals surface area (Å²) in [4.78, 5) is 16.2. The Morgan fingerprint density at radius 3 is 2.79 bits per heavy atom. The van der Waals surface area contributed by atoms with E-state index in [0.717, 1.165) is 18.0 Å². The van der Waals surface area contributed by atoms with Crippen LogP contribution in [-0.2, 0) is 4.79 Å². The van der Waals surface area contributed by atoms with Crippen LogP contribution in [0.15, 0.2) is 18.2 Å². The van der Waals surface area contributed by atoms with Gasteiger partial charge in [0.15, 0.2) is 6.10 Å². The lowest BCUT2D eigenvalue weighted by Crippen LogP contribution is -2.47. The van der Waals surface area contributed by atoms with Crippen LogP contribution >= 0.6 is 0 Å². The molecular weight excluding hydrogens is 242 g/mol. The van der Waals surface area contributed by atoms with Crippen molar-refractivity contribution in [3.05, 3.63) is 18.2 Å². The molecule has 104 valence electrons.